The zero-order valence-corrected chi connectivity index (χ0v) is 12.6. The normalized spacial score (nSPS) is 18.5. The van der Waals surface area contributed by atoms with Crippen LogP contribution in [0.5, 0.6) is 0 Å². The second-order valence-corrected chi connectivity index (χ2v) is 5.56. The van der Waals surface area contributed by atoms with E-state index in [9.17, 15) is 18.0 Å². The Kier molecular flexibility index (Phi) is 5.67. The third kappa shape index (κ3) is 4.73. The number of amides is 1. The summed E-state index contributed by atoms with van der Waals surface area (Å²) in [5.74, 6) is 2.16. The Bertz CT molecular complexity index is 592. The summed E-state index contributed by atoms with van der Waals surface area (Å²) in [6.07, 6.45) is 2.37. The highest BCUT2D eigenvalue weighted by molar-refractivity contribution is 5.94. The van der Waals surface area contributed by atoms with Gasteiger partial charge in [-0.15, -0.1) is 6.42 Å². The van der Waals surface area contributed by atoms with Crippen LogP contribution in [0.2, 0.25) is 0 Å². The van der Waals surface area contributed by atoms with Crippen LogP contribution >= 0.6 is 0 Å². The number of hydrogen-bond acceptors (Lipinski definition) is 2. The Labute approximate surface area is 133 Å². The lowest BCUT2D eigenvalue weighted by Gasteiger charge is -2.32. The first-order valence-electron chi connectivity index (χ1n) is 7.39. The number of rotatable bonds is 4. The Hall–Kier alpha value is -2.00. The van der Waals surface area contributed by atoms with Crippen molar-refractivity contribution in [3.05, 3.63) is 35.4 Å². The average Bonchev–Trinajstić information content (AvgIpc) is 2.54. The molecule has 23 heavy (non-hydrogen) atoms. The molecule has 1 saturated heterocycles. The number of nitrogens with zero attached hydrogens (tertiary/aromatic N) is 1. The molecule has 1 aliphatic heterocycles. The predicted octanol–water partition coefficient (Wildman–Crippen LogP) is 3.21. The summed E-state index contributed by atoms with van der Waals surface area (Å²) in [4.78, 5) is 14.0. The molecule has 0 spiro atoms. The molecular weight excluding hydrogens is 307 g/mol. The molecule has 124 valence electrons. The van der Waals surface area contributed by atoms with Crippen LogP contribution in [-0.4, -0.2) is 37.1 Å². The number of alkyl halides is 3. The number of carbonyl (C=O) groups excluding carboxylic acids is 1. The molecule has 1 aromatic rings. The van der Waals surface area contributed by atoms with Crippen LogP contribution < -0.4 is 0 Å². The van der Waals surface area contributed by atoms with Gasteiger partial charge in [0.05, 0.1) is 12.2 Å². The van der Waals surface area contributed by atoms with Gasteiger partial charge in [0.1, 0.15) is 6.61 Å². The van der Waals surface area contributed by atoms with Crippen LogP contribution in [0, 0.1) is 18.3 Å². The van der Waals surface area contributed by atoms with Crippen LogP contribution in [0.4, 0.5) is 13.2 Å². The maximum absolute atomic E-state index is 12.8. The minimum atomic E-state index is -4.45. The summed E-state index contributed by atoms with van der Waals surface area (Å²) in [7, 11) is 0. The lowest BCUT2D eigenvalue weighted by molar-refractivity contribution is -0.137. The summed E-state index contributed by atoms with van der Waals surface area (Å²) in [6.45, 7) is 1.69. The number of piperidine rings is 1. The molecule has 3 nitrogen and oxygen atoms in total. The zero-order valence-electron chi connectivity index (χ0n) is 12.6. The van der Waals surface area contributed by atoms with E-state index in [2.05, 4.69) is 5.92 Å². The number of carbonyl (C=O) groups is 1. The van der Waals surface area contributed by atoms with Crippen molar-refractivity contribution in [1.29, 1.82) is 0 Å². The topological polar surface area (TPSA) is 29.5 Å². The first kappa shape index (κ1) is 17.4. The highest BCUT2D eigenvalue weighted by Crippen LogP contribution is 2.30. The molecule has 2 rings (SSSR count). The number of hydrogen-bond donors (Lipinski definition) is 0. The van der Waals surface area contributed by atoms with Gasteiger partial charge in [0.2, 0.25) is 0 Å². The second kappa shape index (κ2) is 7.51. The first-order chi connectivity index (χ1) is 10.9. The van der Waals surface area contributed by atoms with E-state index in [-0.39, 0.29) is 24.0 Å². The Balaban J connectivity index is 2.04. The molecule has 1 unspecified atom stereocenters. The Morgan fingerprint density at radius 2 is 2.22 bits per heavy atom. The molecule has 1 fully saturated rings. The van der Waals surface area contributed by atoms with Gasteiger partial charge in [-0.1, -0.05) is 12.0 Å². The summed E-state index contributed by atoms with van der Waals surface area (Å²) < 4.78 is 43.5. The molecule has 1 atom stereocenters. The van der Waals surface area contributed by atoms with Crippen molar-refractivity contribution in [2.75, 3.05) is 26.3 Å². The van der Waals surface area contributed by atoms with E-state index in [4.69, 9.17) is 11.2 Å². The number of halogens is 3. The predicted molar refractivity (Wildman–Crippen MR) is 79.7 cm³/mol. The van der Waals surface area contributed by atoms with Crippen molar-refractivity contribution in [2.45, 2.75) is 19.0 Å². The molecule has 0 saturated carbocycles. The van der Waals surface area contributed by atoms with Crippen LogP contribution in [0.3, 0.4) is 0 Å². The summed E-state index contributed by atoms with van der Waals surface area (Å²) >= 11 is 0. The molecule has 0 aromatic heterocycles. The van der Waals surface area contributed by atoms with Crippen LogP contribution in [0.15, 0.2) is 24.3 Å². The van der Waals surface area contributed by atoms with Crippen LogP contribution in [-0.2, 0) is 10.9 Å². The van der Waals surface area contributed by atoms with Gasteiger partial charge in [0, 0.05) is 24.6 Å². The van der Waals surface area contributed by atoms with Crippen LogP contribution in [0.25, 0.3) is 0 Å². The number of benzene rings is 1. The monoisotopic (exact) mass is 325 g/mol. The van der Waals surface area contributed by atoms with Crippen molar-refractivity contribution in [3.63, 3.8) is 0 Å². The lowest BCUT2D eigenvalue weighted by atomic mass is 9.98. The van der Waals surface area contributed by atoms with E-state index in [1.54, 1.807) is 4.90 Å². The standard InChI is InChI=1S/C17H18F3NO2/c1-2-9-23-12-13-5-4-8-21(11-13)16(22)14-6-3-7-15(10-14)17(18,19)20/h1,3,6-7,10,13H,4-5,8-9,11-12H2. The third-order valence-corrected chi connectivity index (χ3v) is 3.78. The van der Waals surface area contributed by atoms with Gasteiger partial charge in [-0.05, 0) is 31.0 Å². The molecule has 0 radical (unpaired) electrons. The van der Waals surface area contributed by atoms with Gasteiger partial charge >= 0.3 is 6.18 Å². The van der Waals surface area contributed by atoms with Crippen LogP contribution in [0.1, 0.15) is 28.8 Å². The minimum Gasteiger partial charge on any atom is -0.368 e. The molecule has 1 aliphatic rings. The summed E-state index contributed by atoms with van der Waals surface area (Å²) in [5.41, 5.74) is -0.751. The molecule has 6 heteroatoms. The van der Waals surface area contributed by atoms with Gasteiger partial charge in [-0.2, -0.15) is 13.2 Å². The quantitative estimate of drug-likeness (QED) is 0.628. The first-order valence-corrected chi connectivity index (χ1v) is 7.39. The summed E-state index contributed by atoms with van der Waals surface area (Å²) in [5, 5.41) is 0. The Morgan fingerprint density at radius 1 is 1.43 bits per heavy atom. The SMILES string of the molecule is C#CCOCC1CCCN(C(=O)c2cccc(C(F)(F)F)c2)C1. The highest BCUT2D eigenvalue weighted by Gasteiger charge is 2.32. The molecular formula is C17H18F3NO2. The fraction of sp³-hybridized carbons (Fsp3) is 0.471. The van der Waals surface area contributed by atoms with Gasteiger partial charge in [0.15, 0.2) is 0 Å². The van der Waals surface area contributed by atoms with E-state index in [1.807, 2.05) is 0 Å². The van der Waals surface area contributed by atoms with E-state index < -0.39 is 11.7 Å². The molecule has 0 aliphatic carbocycles. The van der Waals surface area contributed by atoms with Gasteiger partial charge < -0.3 is 9.64 Å². The van der Waals surface area contributed by atoms with Crippen molar-refractivity contribution >= 4 is 5.91 Å². The molecule has 1 amide bonds. The highest BCUT2D eigenvalue weighted by atomic mass is 19.4. The van der Waals surface area contributed by atoms with E-state index in [0.717, 1.165) is 25.0 Å². The largest absolute Gasteiger partial charge is 0.416 e. The third-order valence-electron chi connectivity index (χ3n) is 3.78. The maximum atomic E-state index is 12.8. The molecule has 1 heterocycles. The van der Waals surface area contributed by atoms with Crippen molar-refractivity contribution < 1.29 is 22.7 Å². The van der Waals surface area contributed by atoms with Crippen molar-refractivity contribution in [1.82, 2.24) is 4.90 Å². The lowest BCUT2D eigenvalue weighted by Crippen LogP contribution is -2.41. The minimum absolute atomic E-state index is 0.0602. The molecule has 0 N–H and O–H groups in total. The molecule has 0 bridgehead atoms. The molecule has 1 aromatic carbocycles. The van der Waals surface area contributed by atoms with Crippen molar-refractivity contribution in [2.24, 2.45) is 5.92 Å². The van der Waals surface area contributed by atoms with E-state index in [0.29, 0.717) is 19.7 Å². The fourth-order valence-corrected chi connectivity index (χ4v) is 2.68. The number of likely N-dealkylation sites (tertiary alicyclic amines) is 1. The maximum Gasteiger partial charge on any atom is 0.416 e. The average molecular weight is 325 g/mol. The van der Waals surface area contributed by atoms with Gasteiger partial charge in [-0.25, -0.2) is 0 Å². The second-order valence-electron chi connectivity index (χ2n) is 5.56. The van der Waals surface area contributed by atoms with E-state index in [1.165, 1.54) is 12.1 Å². The number of terminal acetylenes is 1. The van der Waals surface area contributed by atoms with Gasteiger partial charge in [0.25, 0.3) is 5.91 Å². The fourth-order valence-electron chi connectivity index (χ4n) is 2.68. The zero-order chi connectivity index (χ0) is 16.9. The number of ether oxygens (including phenoxy) is 1. The Morgan fingerprint density at radius 3 is 2.91 bits per heavy atom. The summed E-state index contributed by atoms with van der Waals surface area (Å²) in [6, 6.07) is 4.54. The smallest absolute Gasteiger partial charge is 0.368 e. The van der Waals surface area contributed by atoms with Crippen molar-refractivity contribution in [3.8, 4) is 12.3 Å². The van der Waals surface area contributed by atoms with E-state index >= 15 is 0 Å². The van der Waals surface area contributed by atoms with Gasteiger partial charge in [-0.3, -0.25) is 4.79 Å².